The van der Waals surface area contributed by atoms with Gasteiger partial charge in [-0.3, -0.25) is 0 Å². The van der Waals surface area contributed by atoms with Gasteiger partial charge in [0, 0.05) is 18.3 Å². The molecule has 1 atom stereocenters. The molecular formula is C13H13BrN2O. The van der Waals surface area contributed by atoms with Gasteiger partial charge in [0.25, 0.3) is 0 Å². The molecule has 0 saturated heterocycles. The summed E-state index contributed by atoms with van der Waals surface area (Å²) in [5, 5.41) is 0. The van der Waals surface area contributed by atoms with E-state index in [1.807, 2.05) is 43.3 Å². The number of halogens is 1. The highest BCUT2D eigenvalue weighted by atomic mass is 79.9. The molecule has 17 heavy (non-hydrogen) atoms. The monoisotopic (exact) mass is 292 g/mol. The zero-order valence-electron chi connectivity index (χ0n) is 9.43. The van der Waals surface area contributed by atoms with Gasteiger partial charge in [-0.1, -0.05) is 18.2 Å². The van der Waals surface area contributed by atoms with Gasteiger partial charge in [-0.15, -0.1) is 0 Å². The Morgan fingerprint density at radius 2 is 2.00 bits per heavy atom. The third-order valence-corrected chi connectivity index (χ3v) is 2.99. The number of pyridine rings is 1. The summed E-state index contributed by atoms with van der Waals surface area (Å²) in [6.45, 7) is 1.92. The quantitative estimate of drug-likeness (QED) is 0.939. The van der Waals surface area contributed by atoms with Crippen LogP contribution in [0.5, 0.6) is 11.6 Å². The Labute approximate surface area is 109 Å². The third-order valence-electron chi connectivity index (χ3n) is 2.34. The van der Waals surface area contributed by atoms with E-state index < -0.39 is 0 Å². The standard InChI is InChI=1S/C13H13BrN2O/c1-9(15)10-6-7-13(16-8-10)17-12-5-3-2-4-11(12)14/h2-9H,15H2,1H3. The molecule has 4 heteroatoms. The van der Waals surface area contributed by atoms with Gasteiger partial charge in [-0.2, -0.15) is 0 Å². The van der Waals surface area contributed by atoms with Crippen molar-refractivity contribution in [2.75, 3.05) is 0 Å². The van der Waals surface area contributed by atoms with Crippen molar-refractivity contribution < 1.29 is 4.74 Å². The second kappa shape index (κ2) is 5.29. The van der Waals surface area contributed by atoms with E-state index in [0.717, 1.165) is 15.8 Å². The fourth-order valence-electron chi connectivity index (χ4n) is 1.36. The minimum atomic E-state index is -0.0139. The van der Waals surface area contributed by atoms with E-state index in [2.05, 4.69) is 20.9 Å². The Kier molecular flexibility index (Phi) is 3.76. The number of nitrogens with two attached hydrogens (primary N) is 1. The van der Waals surface area contributed by atoms with E-state index in [1.54, 1.807) is 6.20 Å². The second-order valence-corrected chi connectivity index (χ2v) is 4.61. The fourth-order valence-corrected chi connectivity index (χ4v) is 1.73. The lowest BCUT2D eigenvalue weighted by Crippen LogP contribution is -2.05. The molecule has 2 N–H and O–H groups in total. The molecule has 0 aliphatic rings. The first-order valence-corrected chi connectivity index (χ1v) is 6.10. The predicted molar refractivity (Wildman–Crippen MR) is 71.1 cm³/mol. The molecule has 0 saturated carbocycles. The Morgan fingerprint density at radius 3 is 2.59 bits per heavy atom. The number of rotatable bonds is 3. The predicted octanol–water partition coefficient (Wildman–Crippen LogP) is 3.66. The van der Waals surface area contributed by atoms with E-state index in [9.17, 15) is 0 Å². The normalized spacial score (nSPS) is 12.2. The zero-order valence-corrected chi connectivity index (χ0v) is 11.0. The molecule has 0 spiro atoms. The summed E-state index contributed by atoms with van der Waals surface area (Å²) in [6, 6.07) is 11.4. The number of benzene rings is 1. The fraction of sp³-hybridized carbons (Fsp3) is 0.154. The van der Waals surface area contributed by atoms with Crippen molar-refractivity contribution in [1.29, 1.82) is 0 Å². The summed E-state index contributed by atoms with van der Waals surface area (Å²) in [6.07, 6.45) is 1.73. The number of hydrogen-bond donors (Lipinski definition) is 1. The summed E-state index contributed by atoms with van der Waals surface area (Å²) in [4.78, 5) is 4.21. The molecule has 88 valence electrons. The number of ether oxygens (including phenoxy) is 1. The lowest BCUT2D eigenvalue weighted by Gasteiger charge is -2.08. The van der Waals surface area contributed by atoms with Crippen molar-refractivity contribution in [1.82, 2.24) is 4.98 Å². The van der Waals surface area contributed by atoms with Gasteiger partial charge in [0.2, 0.25) is 5.88 Å². The Hall–Kier alpha value is -1.39. The van der Waals surface area contributed by atoms with Gasteiger partial charge < -0.3 is 10.5 Å². The summed E-state index contributed by atoms with van der Waals surface area (Å²) < 4.78 is 6.55. The van der Waals surface area contributed by atoms with Crippen LogP contribution in [0.4, 0.5) is 0 Å². The van der Waals surface area contributed by atoms with Gasteiger partial charge in [0.05, 0.1) is 4.47 Å². The van der Waals surface area contributed by atoms with Crippen molar-refractivity contribution in [2.45, 2.75) is 13.0 Å². The van der Waals surface area contributed by atoms with Gasteiger partial charge in [0.1, 0.15) is 5.75 Å². The van der Waals surface area contributed by atoms with Gasteiger partial charge in [-0.05, 0) is 40.5 Å². The van der Waals surface area contributed by atoms with E-state index in [0.29, 0.717) is 5.88 Å². The number of hydrogen-bond acceptors (Lipinski definition) is 3. The number of para-hydroxylation sites is 1. The molecular weight excluding hydrogens is 280 g/mol. The van der Waals surface area contributed by atoms with Crippen LogP contribution in [0.25, 0.3) is 0 Å². The minimum absolute atomic E-state index is 0.0139. The molecule has 1 heterocycles. The third kappa shape index (κ3) is 3.05. The van der Waals surface area contributed by atoms with E-state index in [-0.39, 0.29) is 6.04 Å². The van der Waals surface area contributed by atoms with Crippen LogP contribution in [0, 0.1) is 0 Å². The molecule has 2 aromatic rings. The Balaban J connectivity index is 2.17. The van der Waals surface area contributed by atoms with Crippen LogP contribution in [0.2, 0.25) is 0 Å². The first-order valence-electron chi connectivity index (χ1n) is 5.31. The van der Waals surface area contributed by atoms with Crippen molar-refractivity contribution in [3.05, 3.63) is 52.6 Å². The maximum absolute atomic E-state index is 5.75. The second-order valence-electron chi connectivity index (χ2n) is 3.75. The van der Waals surface area contributed by atoms with Crippen LogP contribution in [0.3, 0.4) is 0 Å². The Bertz CT molecular complexity index is 497. The lowest BCUT2D eigenvalue weighted by atomic mass is 10.2. The average Bonchev–Trinajstić information content (AvgIpc) is 2.33. The average molecular weight is 293 g/mol. The molecule has 3 nitrogen and oxygen atoms in total. The van der Waals surface area contributed by atoms with Crippen molar-refractivity contribution in [3.8, 4) is 11.6 Å². The molecule has 0 bridgehead atoms. The molecule has 0 radical (unpaired) electrons. The Morgan fingerprint density at radius 1 is 1.24 bits per heavy atom. The highest BCUT2D eigenvalue weighted by molar-refractivity contribution is 9.10. The van der Waals surface area contributed by atoms with Crippen molar-refractivity contribution >= 4 is 15.9 Å². The van der Waals surface area contributed by atoms with Crippen LogP contribution in [0.1, 0.15) is 18.5 Å². The smallest absolute Gasteiger partial charge is 0.219 e. The van der Waals surface area contributed by atoms with E-state index in [1.165, 1.54) is 0 Å². The summed E-state index contributed by atoms with van der Waals surface area (Å²) in [7, 11) is 0. The van der Waals surface area contributed by atoms with Gasteiger partial charge >= 0.3 is 0 Å². The lowest BCUT2D eigenvalue weighted by molar-refractivity contribution is 0.459. The van der Waals surface area contributed by atoms with E-state index >= 15 is 0 Å². The molecule has 1 unspecified atom stereocenters. The first kappa shape index (κ1) is 12.1. The minimum Gasteiger partial charge on any atom is -0.438 e. The van der Waals surface area contributed by atoms with Gasteiger partial charge in [0.15, 0.2) is 0 Å². The highest BCUT2D eigenvalue weighted by Crippen LogP contribution is 2.28. The maximum Gasteiger partial charge on any atom is 0.219 e. The molecule has 0 aliphatic heterocycles. The summed E-state index contributed by atoms with van der Waals surface area (Å²) in [5.74, 6) is 1.30. The SMILES string of the molecule is CC(N)c1ccc(Oc2ccccc2Br)nc1. The number of nitrogens with zero attached hydrogens (tertiary/aromatic N) is 1. The van der Waals surface area contributed by atoms with Crippen LogP contribution in [-0.4, -0.2) is 4.98 Å². The van der Waals surface area contributed by atoms with Crippen LogP contribution in [0.15, 0.2) is 47.1 Å². The van der Waals surface area contributed by atoms with Crippen LogP contribution < -0.4 is 10.5 Å². The van der Waals surface area contributed by atoms with E-state index in [4.69, 9.17) is 10.5 Å². The molecule has 2 rings (SSSR count). The van der Waals surface area contributed by atoms with Crippen LogP contribution >= 0.6 is 15.9 Å². The maximum atomic E-state index is 5.75. The van der Waals surface area contributed by atoms with Crippen molar-refractivity contribution in [2.24, 2.45) is 5.73 Å². The zero-order chi connectivity index (χ0) is 12.3. The first-order chi connectivity index (χ1) is 8.16. The molecule has 1 aromatic heterocycles. The molecule has 0 fully saturated rings. The number of aromatic nitrogens is 1. The summed E-state index contributed by atoms with van der Waals surface area (Å²) in [5.41, 5.74) is 6.74. The molecule has 0 amide bonds. The van der Waals surface area contributed by atoms with Crippen LogP contribution in [-0.2, 0) is 0 Å². The van der Waals surface area contributed by atoms with Gasteiger partial charge in [-0.25, -0.2) is 4.98 Å². The topological polar surface area (TPSA) is 48.1 Å². The largest absolute Gasteiger partial charge is 0.438 e. The van der Waals surface area contributed by atoms with Crippen molar-refractivity contribution in [3.63, 3.8) is 0 Å². The molecule has 0 aliphatic carbocycles. The summed E-state index contributed by atoms with van der Waals surface area (Å²) >= 11 is 3.42. The molecule has 1 aromatic carbocycles. The highest BCUT2D eigenvalue weighted by Gasteiger charge is 2.04.